The molecule has 1 unspecified atom stereocenters. The molecule has 0 aliphatic heterocycles. The number of hydrogen-bond donors (Lipinski definition) is 1. The van der Waals surface area contributed by atoms with E-state index in [0.29, 0.717) is 6.42 Å². The predicted octanol–water partition coefficient (Wildman–Crippen LogP) is 2.90. The van der Waals surface area contributed by atoms with E-state index in [2.05, 4.69) is 39.9 Å². The number of aliphatic hydroxyl groups excluding tert-OH is 1. The smallest absolute Gasteiger partial charge is 0.0860 e. The number of rotatable bonds is 5. The van der Waals surface area contributed by atoms with Crippen molar-refractivity contribution < 1.29 is 5.11 Å². The molecule has 4 nitrogen and oxygen atoms in total. The molecular formula is C14H18BrN3O. The summed E-state index contributed by atoms with van der Waals surface area (Å²) >= 11 is 3.59. The van der Waals surface area contributed by atoms with Crippen molar-refractivity contribution >= 4 is 15.9 Å². The van der Waals surface area contributed by atoms with E-state index in [-0.39, 0.29) is 0 Å². The van der Waals surface area contributed by atoms with Gasteiger partial charge in [-0.2, -0.15) is 5.10 Å². The van der Waals surface area contributed by atoms with Crippen molar-refractivity contribution in [2.75, 3.05) is 0 Å². The van der Waals surface area contributed by atoms with Crippen LogP contribution in [-0.4, -0.2) is 19.9 Å². The third-order valence-corrected chi connectivity index (χ3v) is 4.07. The Bertz CT molecular complexity index is 539. The quantitative estimate of drug-likeness (QED) is 0.920. The second-order valence-corrected chi connectivity index (χ2v) is 5.18. The van der Waals surface area contributed by atoms with Crippen molar-refractivity contribution in [1.29, 1.82) is 0 Å². The fourth-order valence-corrected chi connectivity index (χ4v) is 2.81. The van der Waals surface area contributed by atoms with Gasteiger partial charge >= 0.3 is 0 Å². The van der Waals surface area contributed by atoms with Gasteiger partial charge in [0.1, 0.15) is 0 Å². The Balaban J connectivity index is 2.26. The highest BCUT2D eigenvalue weighted by Crippen LogP contribution is 2.27. The lowest BCUT2D eigenvalue weighted by atomic mass is 10.1. The zero-order valence-corrected chi connectivity index (χ0v) is 12.8. The first-order valence-corrected chi connectivity index (χ1v) is 7.28. The van der Waals surface area contributed by atoms with Crippen LogP contribution in [0.5, 0.6) is 0 Å². The maximum absolute atomic E-state index is 10.3. The van der Waals surface area contributed by atoms with Crippen molar-refractivity contribution in [3.8, 4) is 0 Å². The van der Waals surface area contributed by atoms with Crippen LogP contribution in [0, 0.1) is 0 Å². The summed E-state index contributed by atoms with van der Waals surface area (Å²) in [6, 6.07) is 3.72. The van der Waals surface area contributed by atoms with E-state index in [1.807, 2.05) is 16.8 Å². The molecule has 0 aliphatic rings. The summed E-state index contributed by atoms with van der Waals surface area (Å²) in [5.41, 5.74) is 2.90. The molecular weight excluding hydrogens is 306 g/mol. The van der Waals surface area contributed by atoms with Gasteiger partial charge in [0.05, 0.1) is 22.0 Å². The highest BCUT2D eigenvalue weighted by Gasteiger charge is 2.18. The van der Waals surface area contributed by atoms with E-state index >= 15 is 0 Å². The molecule has 0 aromatic carbocycles. The van der Waals surface area contributed by atoms with Crippen molar-refractivity contribution in [2.45, 2.75) is 39.3 Å². The molecule has 0 saturated carbocycles. The van der Waals surface area contributed by atoms with Gasteiger partial charge in [-0.15, -0.1) is 0 Å². The zero-order chi connectivity index (χ0) is 13.8. The number of hydrogen-bond acceptors (Lipinski definition) is 3. The van der Waals surface area contributed by atoms with Crippen LogP contribution in [0.3, 0.4) is 0 Å². The molecule has 2 rings (SSSR count). The highest BCUT2D eigenvalue weighted by atomic mass is 79.9. The van der Waals surface area contributed by atoms with Gasteiger partial charge in [-0.25, -0.2) is 0 Å². The number of aromatic nitrogens is 3. The lowest BCUT2D eigenvalue weighted by Gasteiger charge is -2.12. The largest absolute Gasteiger partial charge is 0.388 e. The van der Waals surface area contributed by atoms with Crippen LogP contribution in [0.1, 0.15) is 36.9 Å². The average molecular weight is 324 g/mol. The Morgan fingerprint density at radius 1 is 1.42 bits per heavy atom. The first-order chi connectivity index (χ1) is 9.17. The standard InChI is InChI=1S/C14H18BrN3O/c1-3-11-14(15)12(18(4-2)17-11)8-13(19)10-6-5-7-16-9-10/h5-7,9,13,19H,3-4,8H2,1-2H3. The normalized spacial score (nSPS) is 12.6. The van der Waals surface area contributed by atoms with Gasteiger partial charge in [-0.05, 0) is 40.9 Å². The molecule has 0 radical (unpaired) electrons. The summed E-state index contributed by atoms with van der Waals surface area (Å²) in [6.45, 7) is 4.93. The number of aryl methyl sites for hydroxylation is 2. The van der Waals surface area contributed by atoms with Gasteiger partial charge in [-0.3, -0.25) is 9.67 Å². The molecule has 2 aromatic heterocycles. The fourth-order valence-electron chi connectivity index (χ4n) is 2.09. The topological polar surface area (TPSA) is 50.9 Å². The molecule has 0 bridgehead atoms. The van der Waals surface area contributed by atoms with E-state index in [4.69, 9.17) is 0 Å². The van der Waals surface area contributed by atoms with Gasteiger partial charge in [0.25, 0.3) is 0 Å². The molecule has 1 N–H and O–H groups in total. The number of halogens is 1. The van der Waals surface area contributed by atoms with Gasteiger partial charge in [0, 0.05) is 25.4 Å². The minimum atomic E-state index is -0.559. The molecule has 5 heteroatoms. The lowest BCUT2D eigenvalue weighted by Crippen LogP contribution is -2.09. The van der Waals surface area contributed by atoms with E-state index in [1.54, 1.807) is 12.4 Å². The summed E-state index contributed by atoms with van der Waals surface area (Å²) in [7, 11) is 0. The fraction of sp³-hybridized carbons (Fsp3) is 0.429. The van der Waals surface area contributed by atoms with Crippen molar-refractivity contribution in [3.05, 3.63) is 46.0 Å². The second kappa shape index (κ2) is 6.30. The van der Waals surface area contributed by atoms with E-state index in [1.165, 1.54) is 0 Å². The molecule has 2 aromatic rings. The predicted molar refractivity (Wildman–Crippen MR) is 77.9 cm³/mol. The van der Waals surface area contributed by atoms with Crippen LogP contribution < -0.4 is 0 Å². The van der Waals surface area contributed by atoms with Crippen LogP contribution in [0.15, 0.2) is 29.0 Å². The third-order valence-electron chi connectivity index (χ3n) is 3.15. The van der Waals surface area contributed by atoms with Gasteiger partial charge in [0.15, 0.2) is 0 Å². The Morgan fingerprint density at radius 3 is 2.79 bits per heavy atom. The minimum absolute atomic E-state index is 0.535. The van der Waals surface area contributed by atoms with Gasteiger partial charge < -0.3 is 5.11 Å². The molecule has 0 spiro atoms. The maximum atomic E-state index is 10.3. The second-order valence-electron chi connectivity index (χ2n) is 4.38. The van der Waals surface area contributed by atoms with Crippen LogP contribution in [0.2, 0.25) is 0 Å². The van der Waals surface area contributed by atoms with Crippen molar-refractivity contribution in [1.82, 2.24) is 14.8 Å². The van der Waals surface area contributed by atoms with E-state index in [9.17, 15) is 5.11 Å². The van der Waals surface area contributed by atoms with Gasteiger partial charge in [-0.1, -0.05) is 13.0 Å². The Hall–Kier alpha value is -1.20. The Labute approximate surface area is 121 Å². The summed E-state index contributed by atoms with van der Waals surface area (Å²) in [6.07, 6.45) is 4.26. The molecule has 0 fully saturated rings. The molecule has 19 heavy (non-hydrogen) atoms. The summed E-state index contributed by atoms with van der Waals surface area (Å²) in [5.74, 6) is 0. The molecule has 1 atom stereocenters. The third kappa shape index (κ3) is 3.04. The summed E-state index contributed by atoms with van der Waals surface area (Å²) in [5, 5.41) is 14.8. The monoisotopic (exact) mass is 323 g/mol. The number of aliphatic hydroxyl groups is 1. The Morgan fingerprint density at radius 2 is 2.21 bits per heavy atom. The minimum Gasteiger partial charge on any atom is -0.388 e. The first kappa shape index (κ1) is 14.2. The molecule has 2 heterocycles. The van der Waals surface area contributed by atoms with Crippen LogP contribution >= 0.6 is 15.9 Å². The number of pyridine rings is 1. The lowest BCUT2D eigenvalue weighted by molar-refractivity contribution is 0.175. The summed E-state index contributed by atoms with van der Waals surface area (Å²) < 4.78 is 2.96. The Kier molecular flexibility index (Phi) is 4.71. The van der Waals surface area contributed by atoms with Crippen molar-refractivity contribution in [2.24, 2.45) is 0 Å². The molecule has 0 aliphatic carbocycles. The number of nitrogens with zero attached hydrogens (tertiary/aromatic N) is 3. The molecule has 0 amide bonds. The van der Waals surface area contributed by atoms with Crippen molar-refractivity contribution in [3.63, 3.8) is 0 Å². The van der Waals surface area contributed by atoms with Crippen LogP contribution in [-0.2, 0) is 19.4 Å². The van der Waals surface area contributed by atoms with Gasteiger partial charge in [0.2, 0.25) is 0 Å². The summed E-state index contributed by atoms with van der Waals surface area (Å²) in [4.78, 5) is 4.04. The highest BCUT2D eigenvalue weighted by molar-refractivity contribution is 9.10. The van der Waals surface area contributed by atoms with E-state index in [0.717, 1.165) is 34.4 Å². The average Bonchev–Trinajstić information content (AvgIpc) is 2.76. The molecule has 102 valence electrons. The first-order valence-electron chi connectivity index (χ1n) is 6.49. The SMILES string of the molecule is CCc1nn(CC)c(CC(O)c2cccnc2)c1Br. The van der Waals surface area contributed by atoms with Crippen LogP contribution in [0.4, 0.5) is 0 Å². The van der Waals surface area contributed by atoms with Crippen LogP contribution in [0.25, 0.3) is 0 Å². The maximum Gasteiger partial charge on any atom is 0.0860 e. The van der Waals surface area contributed by atoms with E-state index < -0.39 is 6.10 Å². The molecule has 0 saturated heterocycles. The zero-order valence-electron chi connectivity index (χ0n) is 11.2.